The van der Waals surface area contributed by atoms with Crippen LogP contribution in [0.15, 0.2) is 24.3 Å². The second-order valence-electron chi connectivity index (χ2n) is 4.60. The number of benzene rings is 1. The third kappa shape index (κ3) is 2.35. The molecule has 94 valence electrons. The Labute approximate surface area is 108 Å². The SMILES string of the molecule is CN1CCC[C@@H]1[C@H]1COc2ccccc2O1.Cl. The average Bonchev–Trinajstić information content (AvgIpc) is 2.75. The van der Waals surface area contributed by atoms with Gasteiger partial charge in [0.25, 0.3) is 0 Å². The minimum absolute atomic E-state index is 0. The topological polar surface area (TPSA) is 21.7 Å². The van der Waals surface area contributed by atoms with Gasteiger partial charge in [-0.2, -0.15) is 0 Å². The molecule has 0 aromatic heterocycles. The lowest BCUT2D eigenvalue weighted by atomic mass is 10.1. The number of hydrogen-bond donors (Lipinski definition) is 0. The molecule has 2 aliphatic heterocycles. The Morgan fingerprint density at radius 2 is 2.00 bits per heavy atom. The van der Waals surface area contributed by atoms with Crippen molar-refractivity contribution < 1.29 is 9.47 Å². The fourth-order valence-corrected chi connectivity index (χ4v) is 2.63. The van der Waals surface area contributed by atoms with Crippen LogP contribution in [0.1, 0.15) is 12.8 Å². The Hall–Kier alpha value is -0.930. The van der Waals surface area contributed by atoms with Crippen molar-refractivity contribution in [2.75, 3.05) is 20.2 Å². The molecule has 2 heterocycles. The summed E-state index contributed by atoms with van der Waals surface area (Å²) < 4.78 is 11.8. The molecule has 0 amide bonds. The Morgan fingerprint density at radius 3 is 2.71 bits per heavy atom. The smallest absolute Gasteiger partial charge is 0.161 e. The van der Waals surface area contributed by atoms with Gasteiger partial charge in [-0.1, -0.05) is 12.1 Å². The molecule has 0 saturated carbocycles. The van der Waals surface area contributed by atoms with Crippen molar-refractivity contribution >= 4 is 12.4 Å². The van der Waals surface area contributed by atoms with Gasteiger partial charge in [0.05, 0.1) is 0 Å². The number of hydrogen-bond acceptors (Lipinski definition) is 3. The first-order valence-corrected chi connectivity index (χ1v) is 5.93. The highest BCUT2D eigenvalue weighted by Gasteiger charge is 2.34. The minimum atomic E-state index is 0. The van der Waals surface area contributed by atoms with E-state index in [1.165, 1.54) is 19.4 Å². The molecule has 1 aromatic rings. The molecule has 1 saturated heterocycles. The third-order valence-corrected chi connectivity index (χ3v) is 3.54. The molecule has 3 nitrogen and oxygen atoms in total. The van der Waals surface area contributed by atoms with Crippen molar-refractivity contribution in [2.45, 2.75) is 25.0 Å². The number of fused-ring (bicyclic) bond motifs is 1. The van der Waals surface area contributed by atoms with Gasteiger partial charge < -0.3 is 9.47 Å². The third-order valence-electron chi connectivity index (χ3n) is 3.54. The lowest BCUT2D eigenvalue weighted by Gasteiger charge is -2.33. The maximum Gasteiger partial charge on any atom is 0.161 e. The molecule has 0 radical (unpaired) electrons. The normalized spacial score (nSPS) is 27.6. The van der Waals surface area contributed by atoms with Gasteiger partial charge in [-0.15, -0.1) is 12.4 Å². The van der Waals surface area contributed by atoms with Gasteiger partial charge in [0.2, 0.25) is 0 Å². The fourth-order valence-electron chi connectivity index (χ4n) is 2.63. The van der Waals surface area contributed by atoms with Crippen LogP contribution in [-0.4, -0.2) is 37.2 Å². The van der Waals surface area contributed by atoms with Crippen LogP contribution in [0.2, 0.25) is 0 Å². The Bertz CT molecular complexity index is 385. The molecule has 4 heteroatoms. The van der Waals surface area contributed by atoms with Crippen molar-refractivity contribution in [1.29, 1.82) is 0 Å². The standard InChI is InChI=1S/C13H17NO2.ClH/c1-14-8-4-5-10(14)13-9-15-11-6-2-3-7-12(11)16-13;/h2-3,6-7,10,13H,4-5,8-9H2,1H3;1H/t10-,13-;/m1./s1. The first kappa shape index (κ1) is 12.5. The largest absolute Gasteiger partial charge is 0.486 e. The lowest BCUT2D eigenvalue weighted by molar-refractivity contribution is 0.0369. The summed E-state index contributed by atoms with van der Waals surface area (Å²) in [7, 11) is 2.17. The number of rotatable bonds is 1. The van der Waals surface area contributed by atoms with Crippen LogP contribution >= 0.6 is 12.4 Å². The number of halogens is 1. The van der Waals surface area contributed by atoms with Gasteiger partial charge in [-0.05, 0) is 38.6 Å². The number of nitrogens with zero attached hydrogens (tertiary/aromatic N) is 1. The van der Waals surface area contributed by atoms with Crippen molar-refractivity contribution in [1.82, 2.24) is 4.90 Å². The maximum absolute atomic E-state index is 6.02. The maximum atomic E-state index is 6.02. The number of likely N-dealkylation sites (N-methyl/N-ethyl adjacent to an activating group) is 1. The van der Waals surface area contributed by atoms with E-state index in [0.29, 0.717) is 12.6 Å². The number of para-hydroxylation sites is 2. The number of likely N-dealkylation sites (tertiary alicyclic amines) is 1. The monoisotopic (exact) mass is 255 g/mol. The van der Waals surface area contributed by atoms with Crippen molar-refractivity contribution in [3.63, 3.8) is 0 Å². The van der Waals surface area contributed by atoms with Gasteiger partial charge in [0.1, 0.15) is 12.7 Å². The highest BCUT2D eigenvalue weighted by atomic mass is 35.5. The van der Waals surface area contributed by atoms with E-state index >= 15 is 0 Å². The van der Waals surface area contributed by atoms with Gasteiger partial charge >= 0.3 is 0 Å². The summed E-state index contributed by atoms with van der Waals surface area (Å²) in [4.78, 5) is 2.38. The van der Waals surface area contributed by atoms with E-state index in [0.717, 1.165) is 11.5 Å². The molecule has 0 spiro atoms. The van der Waals surface area contributed by atoms with E-state index in [4.69, 9.17) is 9.47 Å². The molecular formula is C13H18ClNO2. The van der Waals surface area contributed by atoms with Gasteiger partial charge in [-0.25, -0.2) is 0 Å². The van der Waals surface area contributed by atoms with Crippen LogP contribution in [0.3, 0.4) is 0 Å². The van der Waals surface area contributed by atoms with Crippen molar-refractivity contribution in [2.24, 2.45) is 0 Å². The van der Waals surface area contributed by atoms with Crippen LogP contribution in [0.5, 0.6) is 11.5 Å². The van der Waals surface area contributed by atoms with E-state index in [2.05, 4.69) is 11.9 Å². The predicted molar refractivity (Wildman–Crippen MR) is 69.3 cm³/mol. The molecule has 0 unspecified atom stereocenters. The summed E-state index contributed by atoms with van der Waals surface area (Å²) >= 11 is 0. The predicted octanol–water partition coefficient (Wildman–Crippen LogP) is 2.34. The lowest BCUT2D eigenvalue weighted by Crippen LogP contribution is -2.45. The molecular weight excluding hydrogens is 238 g/mol. The van der Waals surface area contributed by atoms with E-state index in [-0.39, 0.29) is 18.5 Å². The van der Waals surface area contributed by atoms with Crippen LogP contribution in [0, 0.1) is 0 Å². The fraction of sp³-hybridized carbons (Fsp3) is 0.538. The summed E-state index contributed by atoms with van der Waals surface area (Å²) in [5.74, 6) is 1.76. The zero-order valence-electron chi connectivity index (χ0n) is 9.96. The van der Waals surface area contributed by atoms with Gasteiger partial charge in [0.15, 0.2) is 11.5 Å². The van der Waals surface area contributed by atoms with Crippen molar-refractivity contribution in [3.8, 4) is 11.5 Å². The Kier molecular flexibility index (Phi) is 3.79. The molecule has 0 N–H and O–H groups in total. The molecule has 1 aromatic carbocycles. The molecule has 1 fully saturated rings. The Balaban J connectivity index is 0.00000108. The summed E-state index contributed by atoms with van der Waals surface area (Å²) in [6.45, 7) is 1.85. The summed E-state index contributed by atoms with van der Waals surface area (Å²) in [6.07, 6.45) is 2.66. The quantitative estimate of drug-likeness (QED) is 0.769. The molecule has 0 aliphatic carbocycles. The first-order chi connectivity index (χ1) is 7.84. The molecule has 17 heavy (non-hydrogen) atoms. The van der Waals surface area contributed by atoms with Crippen LogP contribution in [0.25, 0.3) is 0 Å². The molecule has 2 atom stereocenters. The molecule has 0 bridgehead atoms. The van der Waals surface area contributed by atoms with Crippen molar-refractivity contribution in [3.05, 3.63) is 24.3 Å². The van der Waals surface area contributed by atoms with Crippen LogP contribution in [-0.2, 0) is 0 Å². The summed E-state index contributed by atoms with van der Waals surface area (Å²) in [5, 5.41) is 0. The highest BCUT2D eigenvalue weighted by molar-refractivity contribution is 5.85. The van der Waals surface area contributed by atoms with E-state index < -0.39 is 0 Å². The molecule has 3 rings (SSSR count). The zero-order valence-corrected chi connectivity index (χ0v) is 10.8. The highest BCUT2D eigenvalue weighted by Crippen LogP contribution is 2.33. The van der Waals surface area contributed by atoms with Gasteiger partial charge in [0, 0.05) is 6.04 Å². The zero-order chi connectivity index (χ0) is 11.0. The number of ether oxygens (including phenoxy) is 2. The second-order valence-corrected chi connectivity index (χ2v) is 4.60. The molecule has 2 aliphatic rings. The minimum Gasteiger partial charge on any atom is -0.486 e. The summed E-state index contributed by atoms with van der Waals surface area (Å²) in [6, 6.07) is 8.42. The van der Waals surface area contributed by atoms with Crippen LogP contribution < -0.4 is 9.47 Å². The Morgan fingerprint density at radius 1 is 1.24 bits per heavy atom. The van der Waals surface area contributed by atoms with Gasteiger partial charge in [-0.3, -0.25) is 4.90 Å². The van der Waals surface area contributed by atoms with E-state index in [1.54, 1.807) is 0 Å². The average molecular weight is 256 g/mol. The van der Waals surface area contributed by atoms with E-state index in [1.807, 2.05) is 24.3 Å². The van der Waals surface area contributed by atoms with E-state index in [9.17, 15) is 0 Å². The van der Waals surface area contributed by atoms with Crippen LogP contribution in [0.4, 0.5) is 0 Å². The first-order valence-electron chi connectivity index (χ1n) is 5.93. The summed E-state index contributed by atoms with van der Waals surface area (Å²) in [5.41, 5.74) is 0. The second kappa shape index (κ2) is 5.15.